The van der Waals surface area contributed by atoms with Crippen molar-refractivity contribution in [1.82, 2.24) is 5.01 Å². The van der Waals surface area contributed by atoms with Crippen LogP contribution in [0.25, 0.3) is 0 Å². The zero-order chi connectivity index (χ0) is 8.97. The van der Waals surface area contributed by atoms with Crippen LogP contribution in [0.1, 0.15) is 33.1 Å². The summed E-state index contributed by atoms with van der Waals surface area (Å²) in [7, 11) is 0. The van der Waals surface area contributed by atoms with E-state index in [1.54, 1.807) is 5.01 Å². The fraction of sp³-hybridized carbons (Fsp3) is 0.778. The third-order valence-corrected chi connectivity index (χ3v) is 1.85. The van der Waals surface area contributed by atoms with Gasteiger partial charge in [-0.25, -0.2) is 5.01 Å². The van der Waals surface area contributed by atoms with E-state index in [-0.39, 0.29) is 5.91 Å². The Hall–Kier alpha value is -0.860. The van der Waals surface area contributed by atoms with Gasteiger partial charge in [-0.2, -0.15) is 5.10 Å². The number of rotatable bonds is 3. The predicted molar refractivity (Wildman–Crippen MR) is 48.9 cm³/mol. The van der Waals surface area contributed by atoms with E-state index in [1.807, 2.05) is 6.21 Å². The topological polar surface area (TPSA) is 32.7 Å². The fourth-order valence-electron chi connectivity index (χ4n) is 1.11. The molecule has 1 fully saturated rings. The molecule has 68 valence electrons. The molecule has 0 bridgehead atoms. The second-order valence-electron chi connectivity index (χ2n) is 3.55. The third-order valence-electron chi connectivity index (χ3n) is 1.85. The Kier molecular flexibility index (Phi) is 3.26. The van der Waals surface area contributed by atoms with Crippen LogP contribution >= 0.6 is 0 Å². The molecule has 12 heavy (non-hydrogen) atoms. The molecule has 1 aliphatic heterocycles. The van der Waals surface area contributed by atoms with Gasteiger partial charge in [-0.1, -0.05) is 13.8 Å². The van der Waals surface area contributed by atoms with Gasteiger partial charge in [-0.05, 0) is 18.8 Å². The summed E-state index contributed by atoms with van der Waals surface area (Å²) < 4.78 is 0. The number of carbonyl (C=O) groups is 1. The van der Waals surface area contributed by atoms with E-state index in [4.69, 9.17) is 0 Å². The number of nitrogens with zero attached hydrogens (tertiary/aromatic N) is 2. The predicted octanol–water partition coefficient (Wildman–Crippen LogP) is 1.64. The maximum Gasteiger partial charge on any atom is 0.242 e. The lowest BCUT2D eigenvalue weighted by atomic mass is 10.2. The average Bonchev–Trinajstić information content (AvgIpc) is 2.36. The first-order chi connectivity index (χ1) is 5.70. The van der Waals surface area contributed by atoms with Gasteiger partial charge in [0.25, 0.3) is 0 Å². The van der Waals surface area contributed by atoms with Crippen LogP contribution in [0.3, 0.4) is 0 Å². The van der Waals surface area contributed by atoms with Crippen LogP contribution in [0.4, 0.5) is 0 Å². The van der Waals surface area contributed by atoms with Crippen LogP contribution < -0.4 is 0 Å². The van der Waals surface area contributed by atoms with Crippen molar-refractivity contribution in [3.8, 4) is 0 Å². The van der Waals surface area contributed by atoms with Gasteiger partial charge < -0.3 is 0 Å². The fourth-order valence-corrected chi connectivity index (χ4v) is 1.11. The molecule has 1 heterocycles. The van der Waals surface area contributed by atoms with Crippen molar-refractivity contribution in [2.24, 2.45) is 11.0 Å². The standard InChI is InChI=1S/C9H16N2O/c1-8(2)5-6-10-11-7-3-4-9(11)12/h6,8H,3-5,7H2,1-2H3/b10-6+. The van der Waals surface area contributed by atoms with Gasteiger partial charge in [-0.3, -0.25) is 4.79 Å². The molecule has 1 amide bonds. The zero-order valence-electron chi connectivity index (χ0n) is 7.79. The second kappa shape index (κ2) is 4.24. The van der Waals surface area contributed by atoms with Crippen LogP contribution in [0.5, 0.6) is 0 Å². The molecular weight excluding hydrogens is 152 g/mol. The molecule has 0 aromatic carbocycles. The highest BCUT2D eigenvalue weighted by Crippen LogP contribution is 2.09. The summed E-state index contributed by atoms with van der Waals surface area (Å²) in [5.41, 5.74) is 0. The van der Waals surface area contributed by atoms with Crippen molar-refractivity contribution in [3.05, 3.63) is 0 Å². The first-order valence-electron chi connectivity index (χ1n) is 4.53. The van der Waals surface area contributed by atoms with E-state index in [1.165, 1.54) is 0 Å². The van der Waals surface area contributed by atoms with Gasteiger partial charge in [0.1, 0.15) is 0 Å². The first kappa shape index (κ1) is 9.23. The molecule has 1 aliphatic rings. The molecule has 0 aromatic heterocycles. The molecule has 3 heteroatoms. The van der Waals surface area contributed by atoms with Crippen LogP contribution in [0.15, 0.2) is 5.10 Å². The van der Waals surface area contributed by atoms with Crippen molar-refractivity contribution < 1.29 is 4.79 Å². The molecule has 0 spiro atoms. The summed E-state index contributed by atoms with van der Waals surface area (Å²) in [5.74, 6) is 0.779. The quantitative estimate of drug-likeness (QED) is 0.590. The molecule has 1 rings (SSSR count). The normalized spacial score (nSPS) is 18.6. The molecule has 0 unspecified atom stereocenters. The van der Waals surface area contributed by atoms with E-state index < -0.39 is 0 Å². The Labute approximate surface area is 73.4 Å². The average molecular weight is 168 g/mol. The smallest absolute Gasteiger partial charge is 0.242 e. The highest BCUT2D eigenvalue weighted by molar-refractivity contribution is 5.78. The van der Waals surface area contributed by atoms with Gasteiger partial charge in [-0.15, -0.1) is 0 Å². The van der Waals surface area contributed by atoms with Crippen LogP contribution in [0.2, 0.25) is 0 Å². The molecule has 0 aromatic rings. The van der Waals surface area contributed by atoms with Crippen molar-refractivity contribution in [3.63, 3.8) is 0 Å². The van der Waals surface area contributed by atoms with Gasteiger partial charge in [0.15, 0.2) is 0 Å². The molecule has 0 atom stereocenters. The van der Waals surface area contributed by atoms with Gasteiger partial charge in [0.05, 0.1) is 0 Å². The summed E-state index contributed by atoms with van der Waals surface area (Å²) in [5, 5.41) is 5.67. The van der Waals surface area contributed by atoms with E-state index in [0.29, 0.717) is 12.3 Å². The minimum absolute atomic E-state index is 0.162. The number of hydrogen-bond acceptors (Lipinski definition) is 2. The Morgan fingerprint density at radius 2 is 2.42 bits per heavy atom. The van der Waals surface area contributed by atoms with Gasteiger partial charge in [0.2, 0.25) is 5.91 Å². The molecule has 0 aliphatic carbocycles. The minimum atomic E-state index is 0.162. The maximum absolute atomic E-state index is 11.1. The van der Waals surface area contributed by atoms with Crippen molar-refractivity contribution in [1.29, 1.82) is 0 Å². The maximum atomic E-state index is 11.1. The lowest BCUT2D eigenvalue weighted by Gasteiger charge is -2.07. The number of hydrazone groups is 1. The monoisotopic (exact) mass is 168 g/mol. The first-order valence-corrected chi connectivity index (χ1v) is 4.53. The minimum Gasteiger partial charge on any atom is -0.273 e. The Morgan fingerprint density at radius 3 is 2.92 bits per heavy atom. The molecule has 0 saturated carbocycles. The summed E-state index contributed by atoms with van der Waals surface area (Å²) >= 11 is 0. The van der Waals surface area contributed by atoms with Crippen molar-refractivity contribution >= 4 is 12.1 Å². The summed E-state index contributed by atoms with van der Waals surface area (Å²) in [6, 6.07) is 0. The number of hydrogen-bond donors (Lipinski definition) is 0. The van der Waals surface area contributed by atoms with E-state index in [0.717, 1.165) is 19.4 Å². The van der Waals surface area contributed by atoms with Crippen LogP contribution in [-0.4, -0.2) is 23.7 Å². The number of amides is 1. The van der Waals surface area contributed by atoms with Crippen LogP contribution in [-0.2, 0) is 4.79 Å². The molecule has 0 N–H and O–H groups in total. The van der Waals surface area contributed by atoms with Crippen molar-refractivity contribution in [2.75, 3.05) is 6.54 Å². The Morgan fingerprint density at radius 1 is 1.67 bits per heavy atom. The number of carbonyl (C=O) groups excluding carboxylic acids is 1. The van der Waals surface area contributed by atoms with Gasteiger partial charge >= 0.3 is 0 Å². The lowest BCUT2D eigenvalue weighted by molar-refractivity contribution is -0.127. The van der Waals surface area contributed by atoms with E-state index in [9.17, 15) is 4.79 Å². The largest absolute Gasteiger partial charge is 0.273 e. The highest BCUT2D eigenvalue weighted by atomic mass is 16.2. The SMILES string of the molecule is CC(C)C/C=N/N1CCCC1=O. The second-order valence-corrected chi connectivity index (χ2v) is 3.55. The Balaban J connectivity index is 2.30. The molecule has 0 radical (unpaired) electrons. The molecular formula is C9H16N2O. The summed E-state index contributed by atoms with van der Waals surface area (Å²) in [4.78, 5) is 11.1. The summed E-state index contributed by atoms with van der Waals surface area (Å²) in [6.45, 7) is 5.07. The Bertz CT molecular complexity index is 187. The third kappa shape index (κ3) is 2.64. The molecule has 3 nitrogen and oxygen atoms in total. The van der Waals surface area contributed by atoms with Gasteiger partial charge in [0, 0.05) is 19.2 Å². The van der Waals surface area contributed by atoms with E-state index >= 15 is 0 Å². The highest BCUT2D eigenvalue weighted by Gasteiger charge is 2.18. The van der Waals surface area contributed by atoms with Crippen molar-refractivity contribution in [2.45, 2.75) is 33.1 Å². The zero-order valence-corrected chi connectivity index (χ0v) is 7.79. The van der Waals surface area contributed by atoms with Crippen LogP contribution in [0, 0.1) is 5.92 Å². The van der Waals surface area contributed by atoms with E-state index in [2.05, 4.69) is 18.9 Å². The lowest BCUT2D eigenvalue weighted by Crippen LogP contribution is -2.17. The molecule has 1 saturated heterocycles. The summed E-state index contributed by atoms with van der Waals surface area (Å²) in [6.07, 6.45) is 4.41.